The van der Waals surface area contributed by atoms with E-state index in [2.05, 4.69) is 15.3 Å². The van der Waals surface area contributed by atoms with Crippen molar-refractivity contribution < 1.29 is 4.79 Å². The molecular formula is C15H18N4OS. The third kappa shape index (κ3) is 3.95. The van der Waals surface area contributed by atoms with Crippen LogP contribution in [-0.4, -0.2) is 21.1 Å². The molecule has 0 aliphatic heterocycles. The van der Waals surface area contributed by atoms with Gasteiger partial charge in [-0.1, -0.05) is 17.8 Å². The molecule has 1 amide bonds. The van der Waals surface area contributed by atoms with Crippen LogP contribution in [0.4, 0.5) is 11.4 Å². The fraction of sp³-hybridized carbons (Fsp3) is 0.267. The lowest BCUT2D eigenvalue weighted by Gasteiger charge is -2.13. The molecular weight excluding hydrogens is 284 g/mol. The van der Waals surface area contributed by atoms with E-state index in [-0.39, 0.29) is 11.2 Å². The first-order chi connectivity index (χ1) is 9.97. The largest absolute Gasteiger partial charge is 0.398 e. The van der Waals surface area contributed by atoms with Gasteiger partial charge in [-0.05, 0) is 44.5 Å². The molecule has 0 radical (unpaired) electrons. The number of nitrogens with one attached hydrogen (secondary N) is 1. The minimum atomic E-state index is -0.298. The van der Waals surface area contributed by atoms with E-state index in [9.17, 15) is 4.79 Å². The highest BCUT2D eigenvalue weighted by Crippen LogP contribution is 2.24. The third-order valence-electron chi connectivity index (χ3n) is 3.06. The van der Waals surface area contributed by atoms with Gasteiger partial charge in [0.25, 0.3) is 0 Å². The fourth-order valence-corrected chi connectivity index (χ4v) is 2.52. The van der Waals surface area contributed by atoms with Crippen molar-refractivity contribution >= 4 is 29.0 Å². The van der Waals surface area contributed by atoms with Crippen LogP contribution in [0, 0.1) is 13.8 Å². The number of amides is 1. The molecule has 0 spiro atoms. The highest BCUT2D eigenvalue weighted by Gasteiger charge is 2.17. The number of nitrogens with two attached hydrogens (primary N) is 1. The molecule has 1 heterocycles. The van der Waals surface area contributed by atoms with Crippen LogP contribution in [0.5, 0.6) is 0 Å². The van der Waals surface area contributed by atoms with E-state index in [0.29, 0.717) is 10.8 Å². The van der Waals surface area contributed by atoms with Crippen LogP contribution in [-0.2, 0) is 4.79 Å². The lowest BCUT2D eigenvalue weighted by atomic mass is 10.1. The molecule has 0 saturated carbocycles. The van der Waals surface area contributed by atoms with Gasteiger partial charge in [0.05, 0.1) is 5.25 Å². The maximum Gasteiger partial charge on any atom is 0.237 e. The number of hydrogen-bond donors (Lipinski definition) is 2. The van der Waals surface area contributed by atoms with E-state index in [4.69, 9.17) is 5.73 Å². The van der Waals surface area contributed by atoms with Gasteiger partial charge in [-0.2, -0.15) is 0 Å². The fourth-order valence-electron chi connectivity index (χ4n) is 1.72. The molecule has 110 valence electrons. The summed E-state index contributed by atoms with van der Waals surface area (Å²) in [4.78, 5) is 20.7. The number of anilines is 2. The molecule has 21 heavy (non-hydrogen) atoms. The van der Waals surface area contributed by atoms with Crippen LogP contribution in [0.1, 0.15) is 18.2 Å². The van der Waals surface area contributed by atoms with Crippen LogP contribution >= 0.6 is 11.8 Å². The normalized spacial score (nSPS) is 12.0. The molecule has 0 aliphatic carbocycles. The van der Waals surface area contributed by atoms with Crippen LogP contribution in [0.25, 0.3) is 0 Å². The molecule has 6 heteroatoms. The first-order valence-electron chi connectivity index (χ1n) is 6.59. The molecule has 0 fully saturated rings. The second-order valence-corrected chi connectivity index (χ2v) is 6.06. The van der Waals surface area contributed by atoms with Crippen molar-refractivity contribution in [2.45, 2.75) is 31.2 Å². The van der Waals surface area contributed by atoms with E-state index < -0.39 is 0 Å². The molecule has 1 aromatic heterocycles. The molecule has 1 aromatic carbocycles. The molecule has 1 unspecified atom stereocenters. The van der Waals surface area contributed by atoms with Crippen molar-refractivity contribution in [3.05, 3.63) is 41.7 Å². The number of hydrogen-bond acceptors (Lipinski definition) is 5. The first-order valence-corrected chi connectivity index (χ1v) is 7.47. The molecule has 3 N–H and O–H groups in total. The van der Waals surface area contributed by atoms with E-state index in [1.165, 1.54) is 11.8 Å². The Morgan fingerprint density at radius 2 is 2.10 bits per heavy atom. The topological polar surface area (TPSA) is 80.9 Å². The van der Waals surface area contributed by atoms with E-state index >= 15 is 0 Å². The average molecular weight is 302 g/mol. The maximum absolute atomic E-state index is 12.2. The number of thioether (sulfide) groups is 1. The summed E-state index contributed by atoms with van der Waals surface area (Å²) < 4.78 is 0. The lowest BCUT2D eigenvalue weighted by molar-refractivity contribution is -0.115. The van der Waals surface area contributed by atoms with Crippen LogP contribution in [0.15, 0.2) is 35.6 Å². The van der Waals surface area contributed by atoms with Gasteiger partial charge in [0.15, 0.2) is 5.16 Å². The number of rotatable bonds is 4. The SMILES string of the molecule is Cc1ccnc(SC(C)C(=O)Nc2cccc(N)c2C)n1. The van der Waals surface area contributed by atoms with Gasteiger partial charge in [-0.25, -0.2) is 9.97 Å². The number of nitrogens with zero attached hydrogens (tertiary/aromatic N) is 2. The Labute approximate surface area is 128 Å². The van der Waals surface area contributed by atoms with Crippen molar-refractivity contribution in [2.24, 2.45) is 0 Å². The highest BCUT2D eigenvalue weighted by molar-refractivity contribution is 8.00. The summed E-state index contributed by atoms with van der Waals surface area (Å²) in [7, 11) is 0. The summed E-state index contributed by atoms with van der Waals surface area (Å²) in [6, 6.07) is 7.29. The quantitative estimate of drug-likeness (QED) is 0.515. The summed E-state index contributed by atoms with van der Waals surface area (Å²) >= 11 is 1.33. The molecule has 1 atom stereocenters. The van der Waals surface area contributed by atoms with Gasteiger partial charge in [0.1, 0.15) is 0 Å². The Morgan fingerprint density at radius 1 is 1.33 bits per heavy atom. The summed E-state index contributed by atoms with van der Waals surface area (Å²) in [5, 5.41) is 3.19. The van der Waals surface area contributed by atoms with Gasteiger partial charge in [0.2, 0.25) is 5.91 Å². The van der Waals surface area contributed by atoms with Gasteiger partial charge >= 0.3 is 0 Å². The molecule has 2 rings (SSSR count). The van der Waals surface area contributed by atoms with Crippen molar-refractivity contribution in [2.75, 3.05) is 11.1 Å². The van der Waals surface area contributed by atoms with Crippen LogP contribution < -0.4 is 11.1 Å². The molecule has 0 bridgehead atoms. The second kappa shape index (κ2) is 6.58. The van der Waals surface area contributed by atoms with Crippen LogP contribution in [0.2, 0.25) is 0 Å². The number of carbonyl (C=O) groups excluding carboxylic acids is 1. The van der Waals surface area contributed by atoms with Gasteiger partial charge in [-0.3, -0.25) is 4.79 Å². The van der Waals surface area contributed by atoms with Crippen molar-refractivity contribution in [3.8, 4) is 0 Å². The Morgan fingerprint density at radius 3 is 2.81 bits per heavy atom. The summed E-state index contributed by atoms with van der Waals surface area (Å²) in [6.07, 6.45) is 1.69. The van der Waals surface area contributed by atoms with E-state index in [0.717, 1.165) is 16.9 Å². The zero-order valence-electron chi connectivity index (χ0n) is 12.3. The van der Waals surface area contributed by atoms with Gasteiger partial charge < -0.3 is 11.1 Å². The average Bonchev–Trinajstić information content (AvgIpc) is 2.44. The van der Waals surface area contributed by atoms with Crippen molar-refractivity contribution in [1.82, 2.24) is 9.97 Å². The molecule has 0 saturated heterocycles. The molecule has 2 aromatic rings. The molecule has 0 aliphatic rings. The number of aryl methyl sites for hydroxylation is 1. The van der Waals surface area contributed by atoms with Gasteiger partial charge in [-0.15, -0.1) is 0 Å². The predicted molar refractivity (Wildman–Crippen MR) is 86.3 cm³/mol. The number of benzene rings is 1. The number of carbonyl (C=O) groups is 1. The summed E-state index contributed by atoms with van der Waals surface area (Å²) in [5.74, 6) is -0.0983. The van der Waals surface area contributed by atoms with Gasteiger partial charge in [0, 0.05) is 23.3 Å². The summed E-state index contributed by atoms with van der Waals surface area (Å²) in [5.41, 5.74) is 8.98. The maximum atomic E-state index is 12.2. The summed E-state index contributed by atoms with van der Waals surface area (Å²) in [6.45, 7) is 5.60. The Balaban J connectivity index is 2.04. The first kappa shape index (κ1) is 15.3. The van der Waals surface area contributed by atoms with Crippen LogP contribution in [0.3, 0.4) is 0 Å². The zero-order chi connectivity index (χ0) is 15.4. The smallest absolute Gasteiger partial charge is 0.237 e. The lowest BCUT2D eigenvalue weighted by Crippen LogP contribution is -2.23. The Hall–Kier alpha value is -2.08. The minimum absolute atomic E-state index is 0.0983. The minimum Gasteiger partial charge on any atom is -0.398 e. The van der Waals surface area contributed by atoms with E-state index in [1.807, 2.05) is 45.0 Å². The second-order valence-electron chi connectivity index (χ2n) is 4.75. The zero-order valence-corrected chi connectivity index (χ0v) is 13.1. The Kier molecular flexibility index (Phi) is 4.80. The predicted octanol–water partition coefficient (Wildman–Crippen LogP) is 2.79. The number of nitrogen functional groups attached to an aromatic ring is 1. The third-order valence-corrected chi connectivity index (χ3v) is 4.03. The van der Waals surface area contributed by atoms with Crippen molar-refractivity contribution in [1.29, 1.82) is 0 Å². The highest BCUT2D eigenvalue weighted by atomic mass is 32.2. The van der Waals surface area contributed by atoms with E-state index in [1.54, 1.807) is 6.20 Å². The van der Waals surface area contributed by atoms with Crippen molar-refractivity contribution in [3.63, 3.8) is 0 Å². The molecule has 5 nitrogen and oxygen atoms in total. The Bertz CT molecular complexity index is 660. The number of aromatic nitrogens is 2. The standard InChI is InChI=1S/C15H18N4OS/c1-9-7-8-17-15(18-9)21-11(3)14(20)19-13-6-4-5-12(16)10(13)2/h4-8,11H,16H2,1-3H3,(H,19,20). The monoisotopic (exact) mass is 302 g/mol.